The molecule has 0 heterocycles. The molecule has 5 heteroatoms. The molecule has 3 aromatic rings. The van der Waals surface area contributed by atoms with Crippen molar-refractivity contribution in [1.82, 2.24) is 0 Å². The van der Waals surface area contributed by atoms with E-state index in [9.17, 15) is 13.2 Å². The van der Waals surface area contributed by atoms with Gasteiger partial charge in [-0.25, -0.2) is 0 Å². The average molecular weight is 382 g/mol. The Hall–Kier alpha value is -2.76. The second kappa shape index (κ2) is 8.75. The topological polar surface area (TPSA) is 71.4 Å². The molecular weight excluding hydrogens is 360 g/mol. The van der Waals surface area contributed by atoms with Crippen LogP contribution in [-0.2, 0) is 10.1 Å². The van der Waals surface area contributed by atoms with Gasteiger partial charge in [0.15, 0.2) is 5.78 Å². The van der Waals surface area contributed by atoms with Crippen LogP contribution in [-0.4, -0.2) is 25.0 Å². The van der Waals surface area contributed by atoms with Gasteiger partial charge in [0, 0.05) is 11.1 Å². The maximum absolute atomic E-state index is 12.7. The fraction of sp³-hybridized carbons (Fsp3) is 0.136. The van der Waals surface area contributed by atoms with E-state index in [1.54, 1.807) is 0 Å². The van der Waals surface area contributed by atoms with Gasteiger partial charge >= 0.3 is 0 Å². The normalized spacial score (nSPS) is 10.7. The van der Waals surface area contributed by atoms with Crippen LogP contribution in [0.1, 0.15) is 27.0 Å². The molecular formula is C22H22O4S. The van der Waals surface area contributed by atoms with E-state index >= 15 is 0 Å². The number of hydrogen-bond acceptors (Lipinski definition) is 3. The Morgan fingerprint density at radius 1 is 0.815 bits per heavy atom. The SMILES string of the molecule is CS(=O)(=O)O.Cc1ccc(C)c(C(=O)c2ccc(-c3ccccc3)cc2)c1. The first-order valence-corrected chi connectivity index (χ1v) is 10.2. The predicted octanol–water partition coefficient (Wildman–Crippen LogP) is 4.71. The van der Waals surface area contributed by atoms with Crippen molar-refractivity contribution in [2.75, 3.05) is 6.26 Å². The van der Waals surface area contributed by atoms with Crippen molar-refractivity contribution in [3.8, 4) is 11.1 Å². The number of carbonyl (C=O) groups is 1. The molecule has 0 spiro atoms. The van der Waals surface area contributed by atoms with Crippen LogP contribution in [0.2, 0.25) is 0 Å². The van der Waals surface area contributed by atoms with Crippen molar-refractivity contribution in [1.29, 1.82) is 0 Å². The van der Waals surface area contributed by atoms with Crippen molar-refractivity contribution in [3.05, 3.63) is 95.1 Å². The summed E-state index contributed by atoms with van der Waals surface area (Å²) in [5, 5.41) is 0. The number of hydrogen-bond donors (Lipinski definition) is 1. The Labute approximate surface area is 160 Å². The van der Waals surface area contributed by atoms with Crippen LogP contribution in [0.4, 0.5) is 0 Å². The van der Waals surface area contributed by atoms with Crippen LogP contribution < -0.4 is 0 Å². The molecule has 0 saturated heterocycles. The summed E-state index contributed by atoms with van der Waals surface area (Å²) in [6, 6.07) is 24.0. The minimum atomic E-state index is -3.67. The summed E-state index contributed by atoms with van der Waals surface area (Å²) >= 11 is 0. The zero-order chi connectivity index (χ0) is 20.0. The molecule has 4 nitrogen and oxygen atoms in total. The lowest BCUT2D eigenvalue weighted by Gasteiger charge is -2.07. The molecule has 3 aromatic carbocycles. The van der Waals surface area contributed by atoms with Crippen molar-refractivity contribution < 1.29 is 17.8 Å². The third-order valence-electron chi connectivity index (χ3n) is 3.89. The molecule has 0 atom stereocenters. The van der Waals surface area contributed by atoms with E-state index in [0.717, 1.165) is 33.4 Å². The van der Waals surface area contributed by atoms with Crippen molar-refractivity contribution in [2.24, 2.45) is 0 Å². The molecule has 3 rings (SSSR count). The van der Waals surface area contributed by atoms with Crippen molar-refractivity contribution >= 4 is 15.9 Å². The maximum Gasteiger partial charge on any atom is 0.261 e. The van der Waals surface area contributed by atoms with Crippen LogP contribution in [0.15, 0.2) is 72.8 Å². The standard InChI is InChI=1S/C21H18O.CH4O3S/c1-15-8-9-16(2)20(14-15)21(22)19-12-10-18(11-13-19)17-6-4-3-5-7-17;1-5(2,3)4/h3-14H,1-2H3;1H3,(H,2,3,4). The molecule has 0 amide bonds. The number of rotatable bonds is 3. The van der Waals surface area contributed by atoms with Gasteiger partial charge in [-0.2, -0.15) is 8.42 Å². The number of carbonyl (C=O) groups excluding carboxylic acids is 1. The van der Waals surface area contributed by atoms with Gasteiger partial charge in [-0.05, 0) is 36.6 Å². The highest BCUT2D eigenvalue weighted by molar-refractivity contribution is 7.85. The summed E-state index contributed by atoms with van der Waals surface area (Å²) in [5.74, 6) is 0.0841. The van der Waals surface area contributed by atoms with Gasteiger partial charge in [-0.3, -0.25) is 9.35 Å². The van der Waals surface area contributed by atoms with Gasteiger partial charge in [0.05, 0.1) is 6.26 Å². The first-order chi connectivity index (χ1) is 12.6. The van der Waals surface area contributed by atoms with Gasteiger partial charge < -0.3 is 0 Å². The predicted molar refractivity (Wildman–Crippen MR) is 109 cm³/mol. The van der Waals surface area contributed by atoms with Crippen LogP contribution >= 0.6 is 0 Å². The summed E-state index contributed by atoms with van der Waals surface area (Å²) < 4.78 is 25.9. The fourth-order valence-electron chi connectivity index (χ4n) is 2.58. The molecule has 0 aliphatic heterocycles. The first-order valence-electron chi connectivity index (χ1n) is 8.35. The van der Waals surface area contributed by atoms with E-state index in [-0.39, 0.29) is 5.78 Å². The molecule has 0 radical (unpaired) electrons. The zero-order valence-electron chi connectivity index (χ0n) is 15.5. The fourth-order valence-corrected chi connectivity index (χ4v) is 2.58. The van der Waals surface area contributed by atoms with Crippen molar-refractivity contribution in [2.45, 2.75) is 13.8 Å². The van der Waals surface area contributed by atoms with Crippen LogP contribution in [0.3, 0.4) is 0 Å². The lowest BCUT2D eigenvalue weighted by Crippen LogP contribution is -2.04. The first kappa shape index (κ1) is 20.6. The molecule has 140 valence electrons. The van der Waals surface area contributed by atoms with Crippen LogP contribution in [0, 0.1) is 13.8 Å². The van der Waals surface area contributed by atoms with E-state index in [4.69, 9.17) is 4.55 Å². The van der Waals surface area contributed by atoms with Gasteiger partial charge in [-0.15, -0.1) is 0 Å². The molecule has 0 unspecified atom stereocenters. The second-order valence-corrected chi connectivity index (χ2v) is 7.79. The molecule has 0 saturated carbocycles. The summed E-state index contributed by atoms with van der Waals surface area (Å²) in [5.41, 5.74) is 5.92. The lowest BCUT2D eigenvalue weighted by molar-refractivity contribution is 0.103. The van der Waals surface area contributed by atoms with Gasteiger partial charge in [0.25, 0.3) is 10.1 Å². The second-order valence-electron chi connectivity index (χ2n) is 6.32. The van der Waals surface area contributed by atoms with E-state index in [0.29, 0.717) is 6.26 Å². The Bertz CT molecular complexity index is 1010. The smallest absolute Gasteiger partial charge is 0.261 e. The highest BCUT2D eigenvalue weighted by Crippen LogP contribution is 2.21. The summed E-state index contributed by atoms with van der Waals surface area (Å²) in [4.78, 5) is 12.7. The Kier molecular flexibility index (Phi) is 6.66. The van der Waals surface area contributed by atoms with Gasteiger partial charge in [-0.1, -0.05) is 72.3 Å². The molecule has 0 fully saturated rings. The highest BCUT2D eigenvalue weighted by atomic mass is 32.2. The Balaban J connectivity index is 0.000000465. The quantitative estimate of drug-likeness (QED) is 0.526. The van der Waals surface area contributed by atoms with E-state index in [2.05, 4.69) is 12.1 Å². The molecule has 0 bridgehead atoms. The van der Waals surface area contributed by atoms with Gasteiger partial charge in [0.1, 0.15) is 0 Å². The molecule has 0 aliphatic rings. The third-order valence-corrected chi connectivity index (χ3v) is 3.89. The van der Waals surface area contributed by atoms with Gasteiger partial charge in [0.2, 0.25) is 0 Å². The molecule has 0 aliphatic carbocycles. The van der Waals surface area contributed by atoms with E-state index in [1.165, 1.54) is 0 Å². The number of aryl methyl sites for hydroxylation is 2. The van der Waals surface area contributed by atoms with Crippen LogP contribution in [0.5, 0.6) is 0 Å². The largest absolute Gasteiger partial charge is 0.289 e. The summed E-state index contributed by atoms with van der Waals surface area (Å²) in [7, 11) is -3.67. The third kappa shape index (κ3) is 6.47. The Morgan fingerprint density at radius 2 is 1.33 bits per heavy atom. The highest BCUT2D eigenvalue weighted by Gasteiger charge is 2.12. The minimum absolute atomic E-state index is 0.0841. The summed E-state index contributed by atoms with van der Waals surface area (Å²) in [6.45, 7) is 3.99. The molecule has 0 aromatic heterocycles. The average Bonchev–Trinajstić information content (AvgIpc) is 2.63. The van der Waals surface area contributed by atoms with E-state index < -0.39 is 10.1 Å². The lowest BCUT2D eigenvalue weighted by atomic mass is 9.96. The number of benzene rings is 3. The monoisotopic (exact) mass is 382 g/mol. The van der Waals surface area contributed by atoms with Crippen molar-refractivity contribution in [3.63, 3.8) is 0 Å². The maximum atomic E-state index is 12.7. The number of ketones is 1. The van der Waals surface area contributed by atoms with E-state index in [1.807, 2.05) is 74.5 Å². The van der Waals surface area contributed by atoms with Crippen LogP contribution in [0.25, 0.3) is 11.1 Å². The zero-order valence-corrected chi connectivity index (χ0v) is 16.3. The summed E-state index contributed by atoms with van der Waals surface area (Å²) in [6.07, 6.45) is 0.715. The minimum Gasteiger partial charge on any atom is -0.289 e. The Morgan fingerprint density at radius 3 is 1.89 bits per heavy atom. The molecule has 1 N–H and O–H groups in total. The molecule has 27 heavy (non-hydrogen) atoms.